The molecule has 1 heterocycles. The lowest BCUT2D eigenvalue weighted by Gasteiger charge is -2.05. The molecule has 0 saturated heterocycles. The molecule has 0 aromatic carbocycles. The van der Waals surface area contributed by atoms with Crippen molar-refractivity contribution in [1.82, 2.24) is 4.98 Å². The van der Waals surface area contributed by atoms with Gasteiger partial charge in [0.15, 0.2) is 5.69 Å². The summed E-state index contributed by atoms with van der Waals surface area (Å²) in [6, 6.07) is 4.96. The lowest BCUT2D eigenvalue weighted by Crippen LogP contribution is -2.07. The van der Waals surface area contributed by atoms with E-state index in [-0.39, 0.29) is 5.69 Å². The van der Waals surface area contributed by atoms with Gasteiger partial charge in [-0.25, -0.2) is 9.78 Å². The van der Waals surface area contributed by atoms with Crippen LogP contribution in [0.15, 0.2) is 18.2 Å². The minimum absolute atomic E-state index is 0.0779. The van der Waals surface area contributed by atoms with E-state index in [1.54, 1.807) is 12.1 Å². The number of carboxylic acids is 1. The van der Waals surface area contributed by atoms with Gasteiger partial charge in [-0.2, -0.15) is 11.8 Å². The van der Waals surface area contributed by atoms with Gasteiger partial charge in [-0.05, 0) is 37.0 Å². The number of hydrogen-bond donors (Lipinski definition) is 2. The Morgan fingerprint density at radius 1 is 1.50 bits per heavy atom. The predicted molar refractivity (Wildman–Crippen MR) is 67.3 cm³/mol. The van der Waals surface area contributed by atoms with E-state index < -0.39 is 5.97 Å². The van der Waals surface area contributed by atoms with Crippen molar-refractivity contribution in [2.24, 2.45) is 0 Å². The van der Waals surface area contributed by atoms with Crippen molar-refractivity contribution in [2.75, 3.05) is 23.9 Å². The Balaban J connectivity index is 2.36. The number of hydrogen-bond acceptors (Lipinski definition) is 4. The average molecular weight is 240 g/mol. The van der Waals surface area contributed by atoms with Crippen LogP contribution < -0.4 is 5.32 Å². The van der Waals surface area contributed by atoms with Gasteiger partial charge in [0.25, 0.3) is 0 Å². The van der Waals surface area contributed by atoms with Crippen LogP contribution in [0.4, 0.5) is 5.82 Å². The Morgan fingerprint density at radius 2 is 2.31 bits per heavy atom. The van der Waals surface area contributed by atoms with Gasteiger partial charge in [0.2, 0.25) is 0 Å². The van der Waals surface area contributed by atoms with E-state index in [2.05, 4.69) is 16.6 Å². The molecule has 1 aromatic rings. The SMILES string of the molecule is CSCCCCNc1cccc(C(=O)O)n1. The van der Waals surface area contributed by atoms with E-state index in [9.17, 15) is 4.79 Å². The van der Waals surface area contributed by atoms with E-state index >= 15 is 0 Å². The van der Waals surface area contributed by atoms with Crippen LogP contribution in [0, 0.1) is 0 Å². The smallest absolute Gasteiger partial charge is 0.354 e. The van der Waals surface area contributed by atoms with Gasteiger partial charge in [0.1, 0.15) is 5.82 Å². The summed E-state index contributed by atoms with van der Waals surface area (Å²) >= 11 is 1.83. The van der Waals surface area contributed by atoms with Crippen LogP contribution in [0.5, 0.6) is 0 Å². The molecule has 0 amide bonds. The number of aromatic carboxylic acids is 1. The van der Waals surface area contributed by atoms with Crippen LogP contribution in [-0.2, 0) is 0 Å². The summed E-state index contributed by atoms with van der Waals surface area (Å²) in [5.74, 6) is 0.791. The first-order chi connectivity index (χ1) is 7.74. The number of thioether (sulfide) groups is 1. The molecule has 16 heavy (non-hydrogen) atoms. The average Bonchev–Trinajstić information content (AvgIpc) is 2.29. The fourth-order valence-corrected chi connectivity index (χ4v) is 1.73. The number of pyridine rings is 1. The Kier molecular flexibility index (Phi) is 5.71. The first-order valence-electron chi connectivity index (χ1n) is 5.17. The molecule has 0 aliphatic rings. The van der Waals surface area contributed by atoms with E-state index in [0.717, 1.165) is 25.1 Å². The quantitative estimate of drug-likeness (QED) is 0.716. The fraction of sp³-hybridized carbons (Fsp3) is 0.455. The van der Waals surface area contributed by atoms with Crippen molar-refractivity contribution >= 4 is 23.5 Å². The first kappa shape index (κ1) is 12.8. The molecule has 4 nitrogen and oxygen atoms in total. The molecule has 0 unspecified atom stereocenters. The third-order valence-electron chi connectivity index (χ3n) is 2.05. The number of nitrogens with zero attached hydrogens (tertiary/aromatic N) is 1. The monoisotopic (exact) mass is 240 g/mol. The van der Waals surface area contributed by atoms with Crippen LogP contribution >= 0.6 is 11.8 Å². The topological polar surface area (TPSA) is 62.2 Å². The van der Waals surface area contributed by atoms with Gasteiger partial charge in [0, 0.05) is 6.54 Å². The highest BCUT2D eigenvalue weighted by atomic mass is 32.2. The van der Waals surface area contributed by atoms with Crippen molar-refractivity contribution in [1.29, 1.82) is 0 Å². The summed E-state index contributed by atoms with van der Waals surface area (Å²) in [6.45, 7) is 0.830. The normalized spacial score (nSPS) is 10.1. The molecule has 1 rings (SSSR count). The number of nitrogens with one attached hydrogen (secondary N) is 1. The third-order valence-corrected chi connectivity index (χ3v) is 2.75. The molecule has 0 saturated carbocycles. The van der Waals surface area contributed by atoms with E-state index in [4.69, 9.17) is 5.11 Å². The Hall–Kier alpha value is -1.23. The van der Waals surface area contributed by atoms with Crippen molar-refractivity contribution < 1.29 is 9.90 Å². The van der Waals surface area contributed by atoms with Gasteiger partial charge < -0.3 is 10.4 Å². The van der Waals surface area contributed by atoms with Crippen molar-refractivity contribution in [2.45, 2.75) is 12.8 Å². The number of unbranched alkanes of at least 4 members (excludes halogenated alkanes) is 1. The van der Waals surface area contributed by atoms with Gasteiger partial charge in [-0.3, -0.25) is 0 Å². The maximum absolute atomic E-state index is 10.7. The zero-order valence-electron chi connectivity index (χ0n) is 9.27. The van der Waals surface area contributed by atoms with Crippen molar-refractivity contribution in [3.05, 3.63) is 23.9 Å². The molecule has 0 atom stereocenters. The standard InChI is InChI=1S/C11H16N2O2S/c1-16-8-3-2-7-12-10-6-4-5-9(13-10)11(14)15/h4-6H,2-3,7-8H2,1H3,(H,12,13)(H,14,15). The summed E-state index contributed by atoms with van der Waals surface area (Å²) in [4.78, 5) is 14.6. The first-order valence-corrected chi connectivity index (χ1v) is 6.56. The Labute approximate surface area is 99.5 Å². The van der Waals surface area contributed by atoms with Crippen LogP contribution in [0.1, 0.15) is 23.3 Å². The predicted octanol–water partition coefficient (Wildman–Crippen LogP) is 2.33. The molecular formula is C11H16N2O2S. The minimum Gasteiger partial charge on any atom is -0.477 e. The Morgan fingerprint density at radius 3 is 3.00 bits per heavy atom. The molecular weight excluding hydrogens is 224 g/mol. The van der Waals surface area contributed by atoms with Gasteiger partial charge >= 0.3 is 5.97 Å². The van der Waals surface area contributed by atoms with Crippen LogP contribution in [-0.4, -0.2) is 34.6 Å². The molecule has 0 aliphatic carbocycles. The van der Waals surface area contributed by atoms with E-state index in [1.807, 2.05) is 11.8 Å². The summed E-state index contributed by atoms with van der Waals surface area (Å²) in [5.41, 5.74) is 0.0779. The zero-order valence-corrected chi connectivity index (χ0v) is 10.1. The number of aromatic nitrogens is 1. The highest BCUT2D eigenvalue weighted by Crippen LogP contribution is 2.06. The second-order valence-electron chi connectivity index (χ2n) is 3.34. The minimum atomic E-state index is -0.994. The highest BCUT2D eigenvalue weighted by molar-refractivity contribution is 7.98. The molecule has 5 heteroatoms. The second kappa shape index (κ2) is 7.11. The lowest BCUT2D eigenvalue weighted by atomic mass is 10.3. The molecule has 1 aromatic heterocycles. The maximum Gasteiger partial charge on any atom is 0.354 e. The maximum atomic E-state index is 10.7. The van der Waals surface area contributed by atoms with E-state index in [1.165, 1.54) is 6.07 Å². The summed E-state index contributed by atoms with van der Waals surface area (Å²) in [5, 5.41) is 11.9. The summed E-state index contributed by atoms with van der Waals surface area (Å²) in [6.07, 6.45) is 4.32. The molecule has 0 spiro atoms. The van der Waals surface area contributed by atoms with E-state index in [0.29, 0.717) is 5.82 Å². The van der Waals surface area contributed by atoms with Gasteiger partial charge in [-0.15, -0.1) is 0 Å². The molecule has 0 fully saturated rings. The molecule has 0 bridgehead atoms. The Bertz CT molecular complexity index is 345. The summed E-state index contributed by atoms with van der Waals surface area (Å²) < 4.78 is 0. The summed E-state index contributed by atoms with van der Waals surface area (Å²) in [7, 11) is 0. The number of carboxylic acid groups (broad SMARTS) is 1. The second-order valence-corrected chi connectivity index (χ2v) is 4.33. The number of carbonyl (C=O) groups is 1. The van der Waals surface area contributed by atoms with Gasteiger partial charge in [0.05, 0.1) is 0 Å². The molecule has 0 radical (unpaired) electrons. The fourth-order valence-electron chi connectivity index (χ4n) is 1.24. The molecule has 88 valence electrons. The van der Waals surface area contributed by atoms with Crippen molar-refractivity contribution in [3.63, 3.8) is 0 Å². The molecule has 0 aliphatic heterocycles. The van der Waals surface area contributed by atoms with Crippen LogP contribution in [0.25, 0.3) is 0 Å². The highest BCUT2D eigenvalue weighted by Gasteiger charge is 2.04. The van der Waals surface area contributed by atoms with Crippen molar-refractivity contribution in [3.8, 4) is 0 Å². The van der Waals surface area contributed by atoms with Gasteiger partial charge in [-0.1, -0.05) is 6.07 Å². The molecule has 2 N–H and O–H groups in total. The lowest BCUT2D eigenvalue weighted by molar-refractivity contribution is 0.0690. The number of anilines is 1. The number of rotatable bonds is 7. The van der Waals surface area contributed by atoms with Crippen LogP contribution in [0.3, 0.4) is 0 Å². The largest absolute Gasteiger partial charge is 0.477 e. The zero-order chi connectivity index (χ0) is 11.8. The van der Waals surface area contributed by atoms with Crippen LogP contribution in [0.2, 0.25) is 0 Å². The third kappa shape index (κ3) is 4.53.